The zero-order chi connectivity index (χ0) is 25.6. The molecule has 3 rings (SSSR count). The smallest absolute Gasteiger partial charge is 0.261 e. The first-order chi connectivity index (χ1) is 17.6. The molecular formula is C26H32N2O8. The monoisotopic (exact) mass is 500 g/mol. The van der Waals surface area contributed by atoms with Crippen LogP contribution >= 0.6 is 0 Å². The van der Waals surface area contributed by atoms with Crippen molar-refractivity contribution >= 4 is 23.4 Å². The van der Waals surface area contributed by atoms with Gasteiger partial charge < -0.3 is 29.0 Å². The van der Waals surface area contributed by atoms with Gasteiger partial charge in [-0.2, -0.15) is 0 Å². The molecule has 1 N–H and O–H groups in total. The summed E-state index contributed by atoms with van der Waals surface area (Å²) in [6.45, 7) is 5.31. The lowest BCUT2D eigenvalue weighted by atomic mass is 10.1. The third-order valence-corrected chi connectivity index (χ3v) is 5.12. The van der Waals surface area contributed by atoms with E-state index in [1.165, 1.54) is 11.8 Å². The molecule has 2 aromatic rings. The number of carbonyl (C=O) groups is 3. The highest BCUT2D eigenvalue weighted by Crippen LogP contribution is 2.21. The number of fused-ring (bicyclic) bond motifs is 1. The molecule has 0 saturated heterocycles. The van der Waals surface area contributed by atoms with Gasteiger partial charge >= 0.3 is 0 Å². The highest BCUT2D eigenvalue weighted by molar-refractivity contribution is 6.21. The molecule has 1 heterocycles. The van der Waals surface area contributed by atoms with E-state index in [9.17, 15) is 14.4 Å². The molecule has 36 heavy (non-hydrogen) atoms. The molecule has 10 heteroatoms. The summed E-state index contributed by atoms with van der Waals surface area (Å²) in [5.74, 6) is 0.0283. The Kier molecular flexibility index (Phi) is 11.3. The summed E-state index contributed by atoms with van der Waals surface area (Å²) in [5, 5.41) is 2.70. The lowest BCUT2D eigenvalue weighted by Gasteiger charge is -2.13. The van der Waals surface area contributed by atoms with E-state index in [1.807, 2.05) is 0 Å². The Morgan fingerprint density at radius 3 is 1.67 bits per heavy atom. The SMILES string of the molecule is CC(=O)Nc1ccc(OCCOCCOCCOCCOCCN2C(=O)c3ccccc3C2=O)cc1. The fraction of sp³-hybridized carbons (Fsp3) is 0.423. The summed E-state index contributed by atoms with van der Waals surface area (Å²) >= 11 is 0. The first-order valence-electron chi connectivity index (χ1n) is 11.8. The van der Waals surface area contributed by atoms with Crippen LogP contribution in [0.25, 0.3) is 0 Å². The van der Waals surface area contributed by atoms with Gasteiger partial charge in [-0.05, 0) is 36.4 Å². The Bertz CT molecular complexity index is 961. The number of amides is 3. The van der Waals surface area contributed by atoms with E-state index >= 15 is 0 Å². The van der Waals surface area contributed by atoms with Crippen molar-refractivity contribution in [1.82, 2.24) is 4.90 Å². The van der Waals surface area contributed by atoms with Crippen LogP contribution < -0.4 is 10.1 Å². The number of benzene rings is 2. The van der Waals surface area contributed by atoms with Crippen LogP contribution in [0, 0.1) is 0 Å². The summed E-state index contributed by atoms with van der Waals surface area (Å²) in [4.78, 5) is 36.7. The number of hydrogen-bond donors (Lipinski definition) is 1. The minimum Gasteiger partial charge on any atom is -0.491 e. The van der Waals surface area contributed by atoms with Crippen molar-refractivity contribution in [3.8, 4) is 5.75 Å². The van der Waals surface area contributed by atoms with E-state index in [-0.39, 0.29) is 30.9 Å². The van der Waals surface area contributed by atoms with Gasteiger partial charge in [0.15, 0.2) is 0 Å². The van der Waals surface area contributed by atoms with Crippen LogP contribution in [0.2, 0.25) is 0 Å². The van der Waals surface area contributed by atoms with Crippen molar-refractivity contribution in [2.24, 2.45) is 0 Å². The van der Waals surface area contributed by atoms with E-state index in [2.05, 4.69) is 5.32 Å². The average molecular weight is 501 g/mol. The normalized spacial score (nSPS) is 12.6. The van der Waals surface area contributed by atoms with Crippen molar-refractivity contribution in [3.63, 3.8) is 0 Å². The molecule has 0 spiro atoms. The fourth-order valence-electron chi connectivity index (χ4n) is 3.42. The zero-order valence-corrected chi connectivity index (χ0v) is 20.4. The first kappa shape index (κ1) is 27.3. The van der Waals surface area contributed by atoms with Crippen LogP contribution in [0.15, 0.2) is 48.5 Å². The van der Waals surface area contributed by atoms with Crippen molar-refractivity contribution in [3.05, 3.63) is 59.7 Å². The molecule has 194 valence electrons. The fourth-order valence-corrected chi connectivity index (χ4v) is 3.42. The van der Waals surface area contributed by atoms with Gasteiger partial charge in [-0.3, -0.25) is 19.3 Å². The van der Waals surface area contributed by atoms with Crippen molar-refractivity contribution in [2.45, 2.75) is 6.92 Å². The molecule has 0 bridgehead atoms. The molecular weight excluding hydrogens is 468 g/mol. The maximum atomic E-state index is 12.3. The second-order valence-corrected chi connectivity index (χ2v) is 7.81. The molecule has 1 aliphatic heterocycles. The van der Waals surface area contributed by atoms with Gasteiger partial charge in [0.25, 0.3) is 11.8 Å². The lowest BCUT2D eigenvalue weighted by molar-refractivity contribution is -0.114. The highest BCUT2D eigenvalue weighted by Gasteiger charge is 2.34. The molecule has 0 fully saturated rings. The Morgan fingerprint density at radius 2 is 1.17 bits per heavy atom. The molecule has 2 aromatic carbocycles. The number of rotatable bonds is 17. The van der Waals surface area contributed by atoms with Crippen molar-refractivity contribution in [2.75, 3.05) is 71.3 Å². The van der Waals surface area contributed by atoms with Crippen LogP contribution in [-0.2, 0) is 23.7 Å². The second kappa shape index (κ2) is 14.9. The maximum absolute atomic E-state index is 12.3. The van der Waals surface area contributed by atoms with Crippen LogP contribution in [0.4, 0.5) is 5.69 Å². The number of anilines is 1. The van der Waals surface area contributed by atoms with Gasteiger partial charge in [0.2, 0.25) is 5.91 Å². The standard InChI is InChI=1S/C26H32N2O8/c1-20(29)27-21-6-8-22(9-7-21)36-19-18-35-17-16-34-15-14-33-13-12-32-11-10-28-25(30)23-4-2-3-5-24(23)26(28)31/h2-9H,10-19H2,1H3,(H,27,29). The predicted octanol–water partition coefficient (Wildman–Crippen LogP) is 2.39. The zero-order valence-electron chi connectivity index (χ0n) is 20.4. The van der Waals surface area contributed by atoms with Gasteiger partial charge in [0.1, 0.15) is 12.4 Å². The van der Waals surface area contributed by atoms with Gasteiger partial charge in [-0.25, -0.2) is 0 Å². The van der Waals surface area contributed by atoms with Crippen LogP contribution in [-0.4, -0.2) is 88.6 Å². The summed E-state index contributed by atoms with van der Waals surface area (Å²) in [6.07, 6.45) is 0. The van der Waals surface area contributed by atoms with Crippen LogP contribution in [0.1, 0.15) is 27.6 Å². The summed E-state index contributed by atoms with van der Waals surface area (Å²) in [5.41, 5.74) is 1.60. The molecule has 0 aliphatic carbocycles. The Balaban J connectivity index is 1.09. The average Bonchev–Trinajstić information content (AvgIpc) is 3.12. The van der Waals surface area contributed by atoms with Gasteiger partial charge in [0.05, 0.1) is 70.5 Å². The number of carbonyl (C=O) groups excluding carboxylic acids is 3. The van der Waals surface area contributed by atoms with E-state index in [4.69, 9.17) is 23.7 Å². The molecule has 0 aromatic heterocycles. The topological polar surface area (TPSA) is 113 Å². The number of ether oxygens (including phenoxy) is 5. The Labute approximate surface area is 210 Å². The van der Waals surface area contributed by atoms with E-state index < -0.39 is 0 Å². The quantitative estimate of drug-likeness (QED) is 0.260. The number of nitrogens with zero attached hydrogens (tertiary/aromatic N) is 1. The summed E-state index contributed by atoms with van der Waals surface area (Å²) in [7, 11) is 0. The molecule has 0 radical (unpaired) electrons. The third-order valence-electron chi connectivity index (χ3n) is 5.12. The molecule has 0 saturated carbocycles. The van der Waals surface area contributed by atoms with Crippen LogP contribution in [0.3, 0.4) is 0 Å². The number of nitrogens with one attached hydrogen (secondary N) is 1. The van der Waals surface area contributed by atoms with Crippen LogP contribution in [0.5, 0.6) is 5.75 Å². The van der Waals surface area contributed by atoms with Gasteiger partial charge in [-0.15, -0.1) is 0 Å². The molecule has 0 atom stereocenters. The molecule has 3 amide bonds. The maximum Gasteiger partial charge on any atom is 0.261 e. The lowest BCUT2D eigenvalue weighted by Crippen LogP contribution is -2.33. The van der Waals surface area contributed by atoms with Crippen molar-refractivity contribution < 1.29 is 38.1 Å². The summed E-state index contributed by atoms with van der Waals surface area (Å²) in [6, 6.07) is 13.9. The number of hydrogen-bond acceptors (Lipinski definition) is 8. The first-order valence-corrected chi connectivity index (χ1v) is 11.8. The summed E-state index contributed by atoms with van der Waals surface area (Å²) < 4.78 is 27.4. The van der Waals surface area contributed by atoms with E-state index in [0.29, 0.717) is 69.7 Å². The Morgan fingerprint density at radius 1 is 0.694 bits per heavy atom. The van der Waals surface area contributed by atoms with E-state index in [0.717, 1.165) is 5.69 Å². The minimum absolute atomic E-state index is 0.116. The molecule has 0 unspecified atom stereocenters. The largest absolute Gasteiger partial charge is 0.491 e. The Hall–Kier alpha value is -3.31. The van der Waals surface area contributed by atoms with Gasteiger partial charge in [0, 0.05) is 12.6 Å². The molecule has 1 aliphatic rings. The predicted molar refractivity (Wildman–Crippen MR) is 131 cm³/mol. The van der Waals surface area contributed by atoms with Crippen molar-refractivity contribution in [1.29, 1.82) is 0 Å². The van der Waals surface area contributed by atoms with E-state index in [1.54, 1.807) is 48.5 Å². The van der Waals surface area contributed by atoms with Gasteiger partial charge in [-0.1, -0.05) is 12.1 Å². The third kappa shape index (κ3) is 8.72. The minimum atomic E-state index is -0.279. The second-order valence-electron chi connectivity index (χ2n) is 7.81. The molecule has 10 nitrogen and oxygen atoms in total. The number of imide groups is 1. The highest BCUT2D eigenvalue weighted by atomic mass is 16.6.